The fraction of sp³-hybridized carbons (Fsp3) is 0.429. The van der Waals surface area contributed by atoms with E-state index in [2.05, 4.69) is 15.6 Å². The molecule has 2 rings (SSSR count). The van der Waals surface area contributed by atoms with Crippen LogP contribution in [0.4, 0.5) is 0 Å². The van der Waals surface area contributed by atoms with Crippen molar-refractivity contribution >= 4 is 11.7 Å². The Labute approximate surface area is 112 Å². The second-order valence-corrected chi connectivity index (χ2v) is 4.70. The third kappa shape index (κ3) is 3.62. The molecule has 0 saturated carbocycles. The summed E-state index contributed by atoms with van der Waals surface area (Å²) in [6, 6.07) is 9.27. The second-order valence-electron chi connectivity index (χ2n) is 4.70. The lowest BCUT2D eigenvalue weighted by atomic mass is 9.99. The van der Waals surface area contributed by atoms with E-state index in [1.165, 1.54) is 7.11 Å². The van der Waals surface area contributed by atoms with Crippen molar-refractivity contribution in [3.63, 3.8) is 0 Å². The topological polar surface area (TPSA) is 67.4 Å². The minimum absolute atomic E-state index is 0.0558. The number of amides is 1. The molecule has 1 saturated heterocycles. The number of hydrogen-bond acceptors (Lipinski definition) is 4. The number of hydroxylamine groups is 1. The lowest BCUT2D eigenvalue weighted by Crippen LogP contribution is -2.30. The molecule has 19 heavy (non-hydrogen) atoms. The molecular weight excluding hydrogens is 244 g/mol. The molecule has 2 atom stereocenters. The summed E-state index contributed by atoms with van der Waals surface area (Å²) < 4.78 is 0. The number of Topliss-reactive ketones (excluding diaryl/α,β-unsaturated/α-hetero) is 1. The molecule has 102 valence electrons. The van der Waals surface area contributed by atoms with Crippen molar-refractivity contribution in [2.75, 3.05) is 13.7 Å². The molecule has 1 fully saturated rings. The van der Waals surface area contributed by atoms with E-state index in [0.29, 0.717) is 24.9 Å². The third-order valence-corrected chi connectivity index (χ3v) is 3.32. The summed E-state index contributed by atoms with van der Waals surface area (Å²) >= 11 is 0. The highest BCUT2D eigenvalue weighted by Gasteiger charge is 2.30. The Morgan fingerprint density at radius 2 is 2.11 bits per heavy atom. The molecule has 0 spiro atoms. The van der Waals surface area contributed by atoms with Crippen molar-refractivity contribution in [2.24, 2.45) is 5.92 Å². The van der Waals surface area contributed by atoms with Crippen molar-refractivity contribution in [3.05, 3.63) is 35.9 Å². The van der Waals surface area contributed by atoms with E-state index in [1.807, 2.05) is 30.3 Å². The Hall–Kier alpha value is -1.72. The summed E-state index contributed by atoms with van der Waals surface area (Å²) in [6.07, 6.45) is 1.08. The maximum atomic E-state index is 12.0. The highest BCUT2D eigenvalue weighted by atomic mass is 16.6. The van der Waals surface area contributed by atoms with Gasteiger partial charge in [0, 0.05) is 24.6 Å². The van der Waals surface area contributed by atoms with Crippen LogP contribution in [0.25, 0.3) is 0 Å². The van der Waals surface area contributed by atoms with E-state index < -0.39 is 0 Å². The van der Waals surface area contributed by atoms with E-state index in [1.54, 1.807) is 0 Å². The highest BCUT2D eigenvalue weighted by molar-refractivity contribution is 5.96. The Morgan fingerprint density at radius 1 is 1.37 bits per heavy atom. The van der Waals surface area contributed by atoms with E-state index in [0.717, 1.165) is 0 Å². The lowest BCUT2D eigenvalue weighted by molar-refractivity contribution is -0.134. The minimum atomic E-state index is -0.135. The average Bonchev–Trinajstić information content (AvgIpc) is 2.88. The third-order valence-electron chi connectivity index (χ3n) is 3.32. The Balaban J connectivity index is 1.85. The van der Waals surface area contributed by atoms with Crippen molar-refractivity contribution in [1.82, 2.24) is 10.8 Å². The number of hydrogen-bond donors (Lipinski definition) is 2. The van der Waals surface area contributed by atoms with Gasteiger partial charge in [0.2, 0.25) is 5.91 Å². The molecule has 0 aromatic heterocycles. The molecule has 1 heterocycles. The minimum Gasteiger partial charge on any atom is -0.313 e. The molecule has 1 aromatic rings. The Morgan fingerprint density at radius 3 is 2.79 bits per heavy atom. The standard InChI is InChI=1S/C14H18N2O3/c1-19-16-14(18)11-7-12(15-9-11)8-13(17)10-5-3-2-4-6-10/h2-6,11-12,15H,7-9H2,1H3,(H,16,18). The highest BCUT2D eigenvalue weighted by Crippen LogP contribution is 2.18. The molecule has 1 amide bonds. The summed E-state index contributed by atoms with van der Waals surface area (Å²) in [4.78, 5) is 28.2. The zero-order chi connectivity index (χ0) is 13.7. The fourth-order valence-electron chi connectivity index (χ4n) is 2.32. The molecule has 1 aromatic carbocycles. The first kappa shape index (κ1) is 13.7. The number of ketones is 1. The zero-order valence-electron chi connectivity index (χ0n) is 10.9. The van der Waals surface area contributed by atoms with Gasteiger partial charge in [0.25, 0.3) is 0 Å². The molecule has 2 N–H and O–H groups in total. The second kappa shape index (κ2) is 6.45. The summed E-state index contributed by atoms with van der Waals surface area (Å²) in [6.45, 7) is 0.585. The van der Waals surface area contributed by atoms with Gasteiger partial charge in [-0.2, -0.15) is 0 Å². The monoisotopic (exact) mass is 262 g/mol. The fourth-order valence-corrected chi connectivity index (χ4v) is 2.32. The lowest BCUT2D eigenvalue weighted by Gasteiger charge is -2.09. The Kier molecular flexibility index (Phi) is 4.65. The number of benzene rings is 1. The van der Waals surface area contributed by atoms with Crippen LogP contribution in [0.5, 0.6) is 0 Å². The first-order chi connectivity index (χ1) is 9.20. The summed E-state index contributed by atoms with van der Waals surface area (Å²) in [5, 5.41) is 3.21. The summed E-state index contributed by atoms with van der Waals surface area (Å²) in [5.74, 6) is -0.163. The Bertz CT molecular complexity index is 447. The smallest absolute Gasteiger partial charge is 0.247 e. The van der Waals surface area contributed by atoms with E-state index >= 15 is 0 Å². The molecule has 1 aliphatic rings. The van der Waals surface area contributed by atoms with Crippen LogP contribution in [0.1, 0.15) is 23.2 Å². The predicted octanol–water partition coefficient (Wildman–Crippen LogP) is 0.915. The van der Waals surface area contributed by atoms with Crippen molar-refractivity contribution in [3.8, 4) is 0 Å². The van der Waals surface area contributed by atoms with Gasteiger partial charge in [-0.1, -0.05) is 30.3 Å². The van der Waals surface area contributed by atoms with Crippen molar-refractivity contribution < 1.29 is 14.4 Å². The molecule has 5 heteroatoms. The summed E-state index contributed by atoms with van der Waals surface area (Å²) in [7, 11) is 1.41. The van der Waals surface area contributed by atoms with Crippen LogP contribution in [0.2, 0.25) is 0 Å². The molecule has 5 nitrogen and oxygen atoms in total. The van der Waals surface area contributed by atoms with Gasteiger partial charge < -0.3 is 5.32 Å². The van der Waals surface area contributed by atoms with Crippen molar-refractivity contribution in [2.45, 2.75) is 18.9 Å². The predicted molar refractivity (Wildman–Crippen MR) is 70.4 cm³/mol. The van der Waals surface area contributed by atoms with Crippen LogP contribution in [-0.2, 0) is 9.63 Å². The van der Waals surface area contributed by atoms with Gasteiger partial charge in [-0.3, -0.25) is 14.4 Å². The van der Waals surface area contributed by atoms with Gasteiger partial charge in [-0.15, -0.1) is 0 Å². The number of carbonyl (C=O) groups excluding carboxylic acids is 2. The molecule has 0 radical (unpaired) electrons. The van der Waals surface area contributed by atoms with Gasteiger partial charge in [-0.05, 0) is 6.42 Å². The molecule has 0 aliphatic carbocycles. The van der Waals surface area contributed by atoms with Crippen LogP contribution >= 0.6 is 0 Å². The SMILES string of the molecule is CONC(=O)C1CNC(CC(=O)c2ccccc2)C1. The van der Waals surface area contributed by atoms with Gasteiger partial charge in [-0.25, -0.2) is 5.48 Å². The maximum absolute atomic E-state index is 12.0. The van der Waals surface area contributed by atoms with Crippen LogP contribution in [0.3, 0.4) is 0 Å². The molecular formula is C14H18N2O3. The zero-order valence-corrected chi connectivity index (χ0v) is 10.9. The van der Waals surface area contributed by atoms with Gasteiger partial charge in [0.05, 0.1) is 13.0 Å². The number of nitrogens with one attached hydrogen (secondary N) is 2. The van der Waals surface area contributed by atoms with Gasteiger partial charge in [0.1, 0.15) is 0 Å². The normalized spacial score (nSPS) is 22.2. The summed E-state index contributed by atoms with van der Waals surface area (Å²) in [5.41, 5.74) is 3.05. The first-order valence-electron chi connectivity index (χ1n) is 6.35. The molecule has 1 aliphatic heterocycles. The van der Waals surface area contributed by atoms with Crippen LogP contribution in [0, 0.1) is 5.92 Å². The number of rotatable bonds is 5. The van der Waals surface area contributed by atoms with E-state index in [4.69, 9.17) is 0 Å². The first-order valence-corrected chi connectivity index (χ1v) is 6.35. The van der Waals surface area contributed by atoms with Crippen LogP contribution in [-0.4, -0.2) is 31.4 Å². The van der Waals surface area contributed by atoms with Gasteiger partial charge in [0.15, 0.2) is 5.78 Å². The van der Waals surface area contributed by atoms with Crippen molar-refractivity contribution in [1.29, 1.82) is 0 Å². The maximum Gasteiger partial charge on any atom is 0.247 e. The quantitative estimate of drug-likeness (QED) is 0.611. The average molecular weight is 262 g/mol. The van der Waals surface area contributed by atoms with Crippen LogP contribution in [0.15, 0.2) is 30.3 Å². The largest absolute Gasteiger partial charge is 0.313 e. The molecule has 0 bridgehead atoms. The number of carbonyl (C=O) groups is 2. The van der Waals surface area contributed by atoms with E-state index in [-0.39, 0.29) is 23.7 Å². The van der Waals surface area contributed by atoms with E-state index in [9.17, 15) is 9.59 Å². The van der Waals surface area contributed by atoms with Crippen LogP contribution < -0.4 is 10.8 Å². The van der Waals surface area contributed by atoms with Gasteiger partial charge >= 0.3 is 0 Å². The molecule has 2 unspecified atom stereocenters.